The third kappa shape index (κ3) is 4.28. The Balaban J connectivity index is 1.48. The van der Waals surface area contributed by atoms with Crippen LogP contribution in [0.4, 0.5) is 5.82 Å². The molecule has 162 valence electrons. The molecule has 1 saturated heterocycles. The van der Waals surface area contributed by atoms with Gasteiger partial charge in [0.2, 0.25) is 11.8 Å². The van der Waals surface area contributed by atoms with Crippen molar-refractivity contribution in [3.8, 4) is 0 Å². The van der Waals surface area contributed by atoms with Crippen molar-refractivity contribution in [3.05, 3.63) is 29.2 Å². The minimum atomic E-state index is 0.157. The maximum Gasteiger partial charge on any atom is 0.228 e. The number of hydrogen-bond donors (Lipinski definition) is 0. The first-order valence-corrected chi connectivity index (χ1v) is 11.6. The van der Waals surface area contributed by atoms with E-state index in [1.807, 2.05) is 16.7 Å². The number of aromatic nitrogens is 2. The molecule has 2 amide bonds. The van der Waals surface area contributed by atoms with Crippen molar-refractivity contribution >= 4 is 17.6 Å². The van der Waals surface area contributed by atoms with E-state index in [9.17, 15) is 9.59 Å². The van der Waals surface area contributed by atoms with E-state index in [1.165, 1.54) is 0 Å². The first-order chi connectivity index (χ1) is 14.4. The Hall–Kier alpha value is -2.24. The highest BCUT2D eigenvalue weighted by molar-refractivity contribution is 5.95. The summed E-state index contributed by atoms with van der Waals surface area (Å²) in [7, 11) is 0. The van der Waals surface area contributed by atoms with E-state index in [2.05, 4.69) is 26.0 Å². The molecule has 3 heterocycles. The van der Waals surface area contributed by atoms with E-state index >= 15 is 0 Å². The van der Waals surface area contributed by atoms with Gasteiger partial charge in [-0.15, -0.1) is 0 Å². The molecule has 0 aromatic carbocycles. The fraction of sp³-hybridized carbons (Fsp3) is 0.667. The van der Waals surface area contributed by atoms with E-state index in [1.54, 1.807) is 0 Å². The summed E-state index contributed by atoms with van der Waals surface area (Å²) >= 11 is 0. The number of amides is 2. The molecule has 1 fully saturated rings. The maximum absolute atomic E-state index is 12.8. The molecule has 0 spiro atoms. The quantitative estimate of drug-likeness (QED) is 0.709. The highest BCUT2D eigenvalue weighted by atomic mass is 16.2. The third-order valence-corrected chi connectivity index (χ3v) is 6.69. The molecule has 0 bridgehead atoms. The number of nitrogens with zero attached hydrogens (tertiary/aromatic N) is 4. The Morgan fingerprint density at radius 3 is 2.57 bits per heavy atom. The van der Waals surface area contributed by atoms with Gasteiger partial charge >= 0.3 is 0 Å². The average molecular weight is 411 g/mol. The SMILES string of the molecule is Cc1nc(C2CCN(C(=O)[C@@H]3CC=CCC3)CC2)nc2c1CCC(=O)N2CC(C)C. The standard InChI is InChI=1S/C24H34N4O2/c1-16(2)15-28-21(29)10-9-20-17(3)25-22(26-23(20)28)18-11-13-27(14-12-18)24(30)19-7-5-4-6-8-19/h4-5,16,18-19H,6-15H2,1-3H3/t19-/m1/s1. The number of hydrogen-bond acceptors (Lipinski definition) is 4. The largest absolute Gasteiger partial charge is 0.342 e. The number of likely N-dealkylation sites (tertiary alicyclic amines) is 1. The van der Waals surface area contributed by atoms with Crippen molar-refractivity contribution in [1.82, 2.24) is 14.9 Å². The summed E-state index contributed by atoms with van der Waals surface area (Å²) in [5, 5.41) is 0. The lowest BCUT2D eigenvalue weighted by molar-refractivity contribution is -0.136. The zero-order valence-electron chi connectivity index (χ0n) is 18.6. The van der Waals surface area contributed by atoms with Crippen LogP contribution in [0.1, 0.15) is 75.4 Å². The smallest absolute Gasteiger partial charge is 0.228 e. The fourth-order valence-electron chi connectivity index (χ4n) is 4.97. The second-order valence-electron chi connectivity index (χ2n) is 9.45. The van der Waals surface area contributed by atoms with E-state index in [0.717, 1.165) is 74.5 Å². The van der Waals surface area contributed by atoms with E-state index in [-0.39, 0.29) is 17.7 Å². The first kappa shape index (κ1) is 21.0. The number of rotatable bonds is 4. The molecule has 0 N–H and O–H groups in total. The number of allylic oxidation sites excluding steroid dienone is 2. The maximum atomic E-state index is 12.8. The third-order valence-electron chi connectivity index (χ3n) is 6.69. The Bertz CT molecular complexity index is 840. The van der Waals surface area contributed by atoms with E-state index < -0.39 is 0 Å². The van der Waals surface area contributed by atoms with Crippen molar-refractivity contribution in [3.63, 3.8) is 0 Å². The van der Waals surface area contributed by atoms with Crippen molar-refractivity contribution in [2.24, 2.45) is 11.8 Å². The Labute approximate surface area is 179 Å². The predicted octanol–water partition coefficient (Wildman–Crippen LogP) is 3.78. The zero-order chi connectivity index (χ0) is 21.3. The van der Waals surface area contributed by atoms with Gasteiger partial charge in [0.1, 0.15) is 11.6 Å². The average Bonchev–Trinajstić information content (AvgIpc) is 2.75. The van der Waals surface area contributed by atoms with Gasteiger partial charge in [0, 0.05) is 49.1 Å². The van der Waals surface area contributed by atoms with Gasteiger partial charge < -0.3 is 4.90 Å². The summed E-state index contributed by atoms with van der Waals surface area (Å²) in [6.45, 7) is 8.56. The molecule has 4 rings (SSSR count). The highest BCUT2D eigenvalue weighted by Crippen LogP contribution is 2.33. The Kier molecular flexibility index (Phi) is 6.21. The van der Waals surface area contributed by atoms with Gasteiger partial charge in [-0.1, -0.05) is 26.0 Å². The molecule has 1 atom stereocenters. The lowest BCUT2D eigenvalue weighted by Gasteiger charge is -2.35. The molecule has 1 aliphatic carbocycles. The van der Waals surface area contributed by atoms with Gasteiger partial charge in [0.05, 0.1) is 0 Å². The monoisotopic (exact) mass is 410 g/mol. The molecule has 1 aromatic rings. The number of carbonyl (C=O) groups excluding carboxylic acids is 2. The second kappa shape index (κ2) is 8.86. The summed E-state index contributed by atoms with van der Waals surface area (Å²) in [5.74, 6) is 2.96. The van der Waals surface area contributed by atoms with E-state index in [4.69, 9.17) is 9.97 Å². The summed E-state index contributed by atoms with van der Waals surface area (Å²) in [6.07, 6.45) is 10.3. The first-order valence-electron chi connectivity index (χ1n) is 11.6. The second-order valence-corrected chi connectivity index (χ2v) is 9.45. The van der Waals surface area contributed by atoms with Crippen LogP contribution in [-0.2, 0) is 16.0 Å². The van der Waals surface area contributed by atoms with Crippen LogP contribution in [0, 0.1) is 18.8 Å². The van der Waals surface area contributed by atoms with E-state index in [0.29, 0.717) is 24.8 Å². The molecule has 30 heavy (non-hydrogen) atoms. The van der Waals surface area contributed by atoms with Crippen LogP contribution >= 0.6 is 0 Å². The van der Waals surface area contributed by atoms with Crippen LogP contribution in [0.15, 0.2) is 12.2 Å². The number of piperidine rings is 1. The molecule has 6 nitrogen and oxygen atoms in total. The molecular weight excluding hydrogens is 376 g/mol. The minimum absolute atomic E-state index is 0.157. The Morgan fingerprint density at radius 1 is 1.13 bits per heavy atom. The van der Waals surface area contributed by atoms with Gasteiger partial charge in [-0.3, -0.25) is 14.5 Å². The Morgan fingerprint density at radius 2 is 1.90 bits per heavy atom. The minimum Gasteiger partial charge on any atom is -0.342 e. The van der Waals surface area contributed by atoms with Crippen LogP contribution in [0.25, 0.3) is 0 Å². The number of anilines is 1. The van der Waals surface area contributed by atoms with Crippen LogP contribution < -0.4 is 4.90 Å². The summed E-state index contributed by atoms with van der Waals surface area (Å²) in [6, 6.07) is 0. The summed E-state index contributed by atoms with van der Waals surface area (Å²) in [5.41, 5.74) is 2.13. The molecule has 0 radical (unpaired) electrons. The molecule has 6 heteroatoms. The predicted molar refractivity (Wildman–Crippen MR) is 117 cm³/mol. The number of aryl methyl sites for hydroxylation is 1. The molecule has 0 saturated carbocycles. The van der Waals surface area contributed by atoms with Gasteiger partial charge in [0.25, 0.3) is 0 Å². The zero-order valence-corrected chi connectivity index (χ0v) is 18.6. The molecule has 2 aliphatic heterocycles. The van der Waals surface area contributed by atoms with Crippen LogP contribution in [-0.4, -0.2) is 46.3 Å². The molecule has 1 aromatic heterocycles. The number of fused-ring (bicyclic) bond motifs is 1. The molecule has 0 unspecified atom stereocenters. The lowest BCUT2D eigenvalue weighted by atomic mass is 9.90. The fourth-order valence-corrected chi connectivity index (χ4v) is 4.97. The van der Waals surface area contributed by atoms with Gasteiger partial charge in [-0.05, 0) is 51.4 Å². The van der Waals surface area contributed by atoms with Gasteiger partial charge in [0.15, 0.2) is 0 Å². The molecule has 3 aliphatic rings. The van der Waals surface area contributed by atoms with Crippen molar-refractivity contribution < 1.29 is 9.59 Å². The van der Waals surface area contributed by atoms with Gasteiger partial charge in [-0.2, -0.15) is 0 Å². The normalized spacial score (nSPS) is 22.5. The molecular formula is C24H34N4O2. The highest BCUT2D eigenvalue weighted by Gasteiger charge is 2.32. The van der Waals surface area contributed by atoms with Crippen LogP contribution in [0.3, 0.4) is 0 Å². The van der Waals surface area contributed by atoms with Crippen molar-refractivity contribution in [1.29, 1.82) is 0 Å². The van der Waals surface area contributed by atoms with Crippen LogP contribution in [0.2, 0.25) is 0 Å². The number of carbonyl (C=O) groups is 2. The van der Waals surface area contributed by atoms with Crippen molar-refractivity contribution in [2.75, 3.05) is 24.5 Å². The summed E-state index contributed by atoms with van der Waals surface area (Å²) < 4.78 is 0. The summed E-state index contributed by atoms with van der Waals surface area (Å²) in [4.78, 5) is 39.1. The van der Waals surface area contributed by atoms with Crippen LogP contribution in [0.5, 0.6) is 0 Å². The lowest BCUT2D eigenvalue weighted by Crippen LogP contribution is -2.42. The van der Waals surface area contributed by atoms with Crippen molar-refractivity contribution in [2.45, 2.75) is 71.6 Å². The van der Waals surface area contributed by atoms with Gasteiger partial charge in [-0.25, -0.2) is 9.97 Å². The topological polar surface area (TPSA) is 66.4 Å².